The molecule has 1 aliphatic heterocycles. The van der Waals surface area contributed by atoms with Gasteiger partial charge < -0.3 is 20.7 Å². The van der Waals surface area contributed by atoms with Gasteiger partial charge in [0, 0.05) is 5.54 Å². The summed E-state index contributed by atoms with van der Waals surface area (Å²) in [6.07, 6.45) is 16.7. The van der Waals surface area contributed by atoms with Crippen LogP contribution in [-0.4, -0.2) is 68.3 Å². The van der Waals surface area contributed by atoms with Crippen molar-refractivity contribution in [1.82, 2.24) is 20.7 Å². The summed E-state index contributed by atoms with van der Waals surface area (Å²) in [5.41, 5.74) is -0.466. The van der Waals surface area contributed by atoms with Gasteiger partial charge in [-0.3, -0.25) is 14.4 Å². The molecule has 4 fully saturated rings. The number of fused-ring (bicyclic) bond motifs is 4. The van der Waals surface area contributed by atoms with Crippen LogP contribution in [0.3, 0.4) is 0 Å². The number of amides is 3. The number of ether oxygens (including phenoxy) is 1. The Balaban J connectivity index is 1.62. The lowest BCUT2D eigenvalue weighted by molar-refractivity contribution is -0.134. The van der Waals surface area contributed by atoms with Gasteiger partial charge in [-0.05, 0) is 89.9 Å². The smallest absolute Gasteiger partial charge is 0.243 e. The second kappa shape index (κ2) is 15.7. The highest BCUT2D eigenvalue weighted by atomic mass is 32.2. The lowest BCUT2D eigenvalue weighted by atomic mass is 9.81. The molecule has 4 N–H and O–H groups in total. The maximum absolute atomic E-state index is 14.0. The molecule has 1 saturated heterocycles. The molecule has 4 aliphatic rings. The van der Waals surface area contributed by atoms with Crippen LogP contribution in [0, 0.1) is 17.8 Å². The molecule has 3 amide bonds. The van der Waals surface area contributed by atoms with Crippen LogP contribution in [0.15, 0.2) is 0 Å². The number of hydrogen-bond acceptors (Lipinski definition) is 6. The van der Waals surface area contributed by atoms with Crippen LogP contribution >= 0.6 is 0 Å². The lowest BCUT2D eigenvalue weighted by Crippen LogP contribution is -2.58. The first kappa shape index (κ1) is 35.1. The normalized spacial score (nSPS) is 33.6. The number of carbonyl (C=O) groups is 3. The third-order valence-electron chi connectivity index (χ3n) is 10.0. The van der Waals surface area contributed by atoms with Gasteiger partial charge in [0.1, 0.15) is 18.1 Å². The van der Waals surface area contributed by atoms with E-state index in [4.69, 9.17) is 4.74 Å². The molecule has 0 aromatic rings. The minimum absolute atomic E-state index is 0.0790. The van der Waals surface area contributed by atoms with Crippen molar-refractivity contribution in [2.45, 2.75) is 166 Å². The van der Waals surface area contributed by atoms with Crippen molar-refractivity contribution in [3.63, 3.8) is 0 Å². The summed E-state index contributed by atoms with van der Waals surface area (Å²) in [5.74, 6) is -0.199. The Morgan fingerprint density at radius 2 is 1.41 bits per heavy atom. The summed E-state index contributed by atoms with van der Waals surface area (Å²) in [4.78, 5) is 41.3. The Morgan fingerprint density at radius 3 is 2.00 bits per heavy atom. The quantitative estimate of drug-likeness (QED) is 0.346. The molecule has 0 spiro atoms. The predicted octanol–water partition coefficient (Wildman–Crippen LogP) is 4.08. The lowest BCUT2D eigenvalue weighted by Gasteiger charge is -2.38. The summed E-state index contributed by atoms with van der Waals surface area (Å²) in [5, 5.41) is 9.04. The Bertz CT molecular complexity index is 1090. The Labute approximate surface area is 265 Å². The van der Waals surface area contributed by atoms with Gasteiger partial charge in [-0.1, -0.05) is 57.8 Å². The van der Waals surface area contributed by atoms with E-state index in [-0.39, 0.29) is 35.9 Å². The van der Waals surface area contributed by atoms with Crippen molar-refractivity contribution in [2.75, 3.05) is 6.26 Å². The van der Waals surface area contributed by atoms with Crippen molar-refractivity contribution in [3.8, 4) is 0 Å². The molecule has 0 radical (unpaired) electrons. The average molecular weight is 639 g/mol. The highest BCUT2D eigenvalue weighted by Gasteiger charge is 2.37. The predicted molar refractivity (Wildman–Crippen MR) is 171 cm³/mol. The monoisotopic (exact) mass is 638 g/mol. The van der Waals surface area contributed by atoms with Gasteiger partial charge in [-0.25, -0.2) is 13.1 Å². The number of rotatable bonds is 6. The van der Waals surface area contributed by atoms with E-state index in [0.717, 1.165) is 76.9 Å². The average Bonchev–Trinajstić information content (AvgIpc) is 2.93. The molecular weight excluding hydrogens is 580 g/mol. The van der Waals surface area contributed by atoms with Crippen LogP contribution in [-0.2, 0) is 29.1 Å². The van der Waals surface area contributed by atoms with Crippen molar-refractivity contribution in [1.29, 1.82) is 0 Å². The van der Waals surface area contributed by atoms with Crippen LogP contribution in [0.5, 0.6) is 0 Å². The highest BCUT2D eigenvalue weighted by molar-refractivity contribution is 7.88. The molecule has 0 aromatic carbocycles. The fourth-order valence-corrected chi connectivity index (χ4v) is 8.66. The number of sulfonamides is 1. The summed E-state index contributed by atoms with van der Waals surface area (Å²) in [6, 6.07) is -2.57. The summed E-state index contributed by atoms with van der Waals surface area (Å²) >= 11 is 0. The van der Waals surface area contributed by atoms with Crippen molar-refractivity contribution in [2.24, 2.45) is 17.8 Å². The first-order valence-corrected chi connectivity index (χ1v) is 19.2. The molecule has 4 bridgehead atoms. The van der Waals surface area contributed by atoms with Crippen LogP contribution in [0.1, 0.15) is 130 Å². The molecule has 4 rings (SSSR count). The maximum Gasteiger partial charge on any atom is 0.243 e. The molecule has 252 valence electrons. The van der Waals surface area contributed by atoms with Crippen LogP contribution in [0.4, 0.5) is 0 Å². The highest BCUT2D eigenvalue weighted by Crippen LogP contribution is 2.35. The number of hydrogen-bond donors (Lipinski definition) is 4. The van der Waals surface area contributed by atoms with Gasteiger partial charge in [-0.2, -0.15) is 0 Å². The SMILES string of the molecule is CC(C)(C)NC(=O)[C@@H]1CC2CCCC(C2)OC2CCCC(C2)C[C@H](NS(C)(=O)=O)C(=O)N[C@@H](CCC2CCCCC2)C(=O)N1. The van der Waals surface area contributed by atoms with E-state index < -0.39 is 39.6 Å². The van der Waals surface area contributed by atoms with Gasteiger partial charge in [0.25, 0.3) is 0 Å². The van der Waals surface area contributed by atoms with E-state index in [0.29, 0.717) is 25.2 Å². The molecular formula is C33H58N4O6S. The van der Waals surface area contributed by atoms with Crippen LogP contribution in [0.2, 0.25) is 0 Å². The van der Waals surface area contributed by atoms with Gasteiger partial charge in [-0.15, -0.1) is 0 Å². The first-order valence-electron chi connectivity index (χ1n) is 17.3. The fourth-order valence-electron chi connectivity index (χ4n) is 7.94. The zero-order valence-corrected chi connectivity index (χ0v) is 28.3. The molecule has 11 heteroatoms. The Kier molecular flexibility index (Phi) is 12.6. The van der Waals surface area contributed by atoms with E-state index >= 15 is 0 Å². The molecule has 3 aliphatic carbocycles. The van der Waals surface area contributed by atoms with Crippen LogP contribution < -0.4 is 20.7 Å². The largest absolute Gasteiger partial charge is 0.375 e. The third kappa shape index (κ3) is 11.6. The first-order chi connectivity index (χ1) is 20.7. The zero-order chi connectivity index (χ0) is 31.9. The zero-order valence-electron chi connectivity index (χ0n) is 27.5. The Morgan fingerprint density at radius 1 is 0.795 bits per heavy atom. The van der Waals surface area contributed by atoms with Crippen molar-refractivity contribution in [3.05, 3.63) is 0 Å². The molecule has 4 unspecified atom stereocenters. The van der Waals surface area contributed by atoms with E-state index in [1.54, 1.807) is 0 Å². The summed E-state index contributed by atoms with van der Waals surface area (Å²) in [6.45, 7) is 5.77. The van der Waals surface area contributed by atoms with Crippen molar-refractivity contribution >= 4 is 27.7 Å². The Hall–Kier alpha value is -1.72. The standard InChI is InChI=1S/C33H58N4O6S/c1-33(2,3)36-32(40)28-20-23-12-8-14-25(18-23)43-26-15-9-13-24(19-26)21-29(37-44(4,41)42)31(39)34-27(30(38)35-28)17-16-22-10-6-5-7-11-22/h22-29,37H,5-21H2,1-4H3,(H,34,39)(H,35,38)(H,36,40)/t23?,24?,25?,26?,27-,28-,29-/m0/s1. The molecule has 3 saturated carbocycles. The summed E-state index contributed by atoms with van der Waals surface area (Å²) in [7, 11) is -3.68. The minimum Gasteiger partial charge on any atom is -0.375 e. The summed E-state index contributed by atoms with van der Waals surface area (Å²) < 4.78 is 33.9. The fraction of sp³-hybridized carbons (Fsp3) is 0.909. The van der Waals surface area contributed by atoms with E-state index in [2.05, 4.69) is 20.7 Å². The van der Waals surface area contributed by atoms with Crippen LogP contribution in [0.25, 0.3) is 0 Å². The molecule has 10 nitrogen and oxygen atoms in total. The minimum atomic E-state index is -3.68. The molecule has 44 heavy (non-hydrogen) atoms. The topological polar surface area (TPSA) is 143 Å². The van der Waals surface area contributed by atoms with E-state index in [1.165, 1.54) is 19.3 Å². The second-order valence-corrected chi connectivity index (χ2v) is 17.1. The van der Waals surface area contributed by atoms with Gasteiger partial charge in [0.05, 0.1) is 18.5 Å². The molecule has 1 heterocycles. The second-order valence-electron chi connectivity index (χ2n) is 15.3. The third-order valence-corrected chi connectivity index (χ3v) is 10.7. The maximum atomic E-state index is 14.0. The van der Waals surface area contributed by atoms with E-state index in [9.17, 15) is 22.8 Å². The molecule has 7 atom stereocenters. The number of carbonyl (C=O) groups excluding carboxylic acids is 3. The number of nitrogens with one attached hydrogen (secondary N) is 4. The van der Waals surface area contributed by atoms with Gasteiger partial charge in [0.15, 0.2) is 0 Å². The van der Waals surface area contributed by atoms with Gasteiger partial charge >= 0.3 is 0 Å². The van der Waals surface area contributed by atoms with Crippen molar-refractivity contribution < 1.29 is 27.5 Å². The van der Waals surface area contributed by atoms with E-state index in [1.807, 2.05) is 20.8 Å². The van der Waals surface area contributed by atoms with Gasteiger partial charge in [0.2, 0.25) is 27.7 Å². The molecule has 0 aromatic heterocycles.